The number of aliphatic hydroxyl groups is 1. The first-order chi connectivity index (χ1) is 18.2. The van der Waals surface area contributed by atoms with E-state index in [9.17, 15) is 24.6 Å². The molecule has 0 bridgehead atoms. The number of hydrogen-bond donors (Lipinski definition) is 2. The summed E-state index contributed by atoms with van der Waals surface area (Å²) in [7, 11) is 1.52. The second-order valence-corrected chi connectivity index (χ2v) is 9.03. The molecule has 1 heterocycles. The number of carboxylic acids is 1. The Bertz CT molecular complexity index is 1410. The highest BCUT2D eigenvalue weighted by molar-refractivity contribution is 6.46. The number of Topliss-reactive ketones (excluding diaryl/α,β-unsaturated/α-hetero) is 1. The minimum atomic E-state index is -1.06. The van der Waals surface area contributed by atoms with Gasteiger partial charge in [-0.1, -0.05) is 31.2 Å². The molecule has 8 heteroatoms. The summed E-state index contributed by atoms with van der Waals surface area (Å²) in [4.78, 5) is 39.3. The number of methoxy groups -OCH3 is 1. The monoisotopic (exact) mass is 515 g/mol. The largest absolute Gasteiger partial charge is 0.507 e. The first-order valence-electron chi connectivity index (χ1n) is 12.2. The zero-order valence-electron chi connectivity index (χ0n) is 21.4. The lowest BCUT2D eigenvalue weighted by molar-refractivity contribution is -0.140. The Kier molecular flexibility index (Phi) is 7.81. The molecule has 0 aliphatic carbocycles. The quantitative estimate of drug-likeness (QED) is 0.231. The molecule has 0 saturated carbocycles. The molecule has 38 heavy (non-hydrogen) atoms. The Morgan fingerprint density at radius 3 is 2.32 bits per heavy atom. The molecule has 1 aliphatic heterocycles. The van der Waals surface area contributed by atoms with E-state index in [2.05, 4.69) is 0 Å². The third-order valence-corrected chi connectivity index (χ3v) is 6.41. The lowest BCUT2D eigenvalue weighted by atomic mass is 9.94. The summed E-state index contributed by atoms with van der Waals surface area (Å²) in [6, 6.07) is 17.3. The fourth-order valence-corrected chi connectivity index (χ4v) is 4.48. The SMILES string of the molecule is CCCOc1ccc(/C(O)=C2/C(=O)C(=O)N(Cc3ccc(C(=O)O)cc3)C2c2cccc(OC)c2)cc1C. The first-order valence-corrected chi connectivity index (χ1v) is 12.2. The molecule has 3 aromatic carbocycles. The number of carboxylic acid groups (broad SMARTS) is 1. The predicted octanol–water partition coefficient (Wildman–Crippen LogP) is 5.11. The summed E-state index contributed by atoms with van der Waals surface area (Å²) in [6.07, 6.45) is 0.851. The molecule has 1 saturated heterocycles. The van der Waals surface area contributed by atoms with Crippen molar-refractivity contribution in [3.63, 3.8) is 0 Å². The highest BCUT2D eigenvalue weighted by Gasteiger charge is 2.46. The summed E-state index contributed by atoms with van der Waals surface area (Å²) in [5.41, 5.74) is 2.48. The van der Waals surface area contributed by atoms with Crippen molar-refractivity contribution in [3.05, 3.63) is 100 Å². The normalized spacial score (nSPS) is 16.5. The van der Waals surface area contributed by atoms with Gasteiger partial charge in [-0.25, -0.2) is 4.79 Å². The van der Waals surface area contributed by atoms with Crippen molar-refractivity contribution >= 4 is 23.4 Å². The minimum Gasteiger partial charge on any atom is -0.507 e. The molecular weight excluding hydrogens is 486 g/mol. The van der Waals surface area contributed by atoms with Crippen molar-refractivity contribution in [2.75, 3.05) is 13.7 Å². The number of ether oxygens (including phenoxy) is 2. The molecule has 196 valence electrons. The van der Waals surface area contributed by atoms with Crippen LogP contribution in [0.3, 0.4) is 0 Å². The average Bonchev–Trinajstić information content (AvgIpc) is 3.17. The second kappa shape index (κ2) is 11.2. The molecule has 1 atom stereocenters. The van der Waals surface area contributed by atoms with Gasteiger partial charge in [0.25, 0.3) is 11.7 Å². The zero-order valence-corrected chi connectivity index (χ0v) is 21.4. The van der Waals surface area contributed by atoms with E-state index in [0.29, 0.717) is 34.8 Å². The fourth-order valence-electron chi connectivity index (χ4n) is 4.48. The molecule has 1 amide bonds. The van der Waals surface area contributed by atoms with E-state index in [1.54, 1.807) is 54.6 Å². The van der Waals surface area contributed by atoms with Crippen molar-refractivity contribution < 1.29 is 34.1 Å². The standard InChI is InChI=1S/C30H29NO7/c1-4-14-38-24-13-12-22(15-18(24)2)27(32)25-26(21-6-5-7-23(16-21)37-3)31(29(34)28(25)33)17-19-8-10-20(11-9-19)30(35)36/h5-13,15-16,26,32H,4,14,17H2,1-3H3,(H,35,36)/b27-25-. The van der Waals surface area contributed by atoms with Crippen molar-refractivity contribution in [2.24, 2.45) is 0 Å². The molecule has 1 unspecified atom stereocenters. The van der Waals surface area contributed by atoms with Crippen LogP contribution in [-0.4, -0.2) is 46.5 Å². The highest BCUT2D eigenvalue weighted by atomic mass is 16.5. The number of aromatic carboxylic acids is 1. The van der Waals surface area contributed by atoms with Crippen LogP contribution < -0.4 is 9.47 Å². The van der Waals surface area contributed by atoms with Crippen LogP contribution in [0, 0.1) is 6.92 Å². The van der Waals surface area contributed by atoms with Gasteiger partial charge >= 0.3 is 5.97 Å². The van der Waals surface area contributed by atoms with Gasteiger partial charge in [0.15, 0.2) is 0 Å². The van der Waals surface area contributed by atoms with Gasteiger partial charge in [0.1, 0.15) is 17.3 Å². The Hall–Kier alpha value is -4.59. The van der Waals surface area contributed by atoms with Crippen LogP contribution in [0.4, 0.5) is 0 Å². The lowest BCUT2D eigenvalue weighted by Gasteiger charge is -2.26. The summed E-state index contributed by atoms with van der Waals surface area (Å²) in [5.74, 6) is -1.70. The smallest absolute Gasteiger partial charge is 0.335 e. The van der Waals surface area contributed by atoms with E-state index in [0.717, 1.165) is 12.0 Å². The van der Waals surface area contributed by atoms with Crippen molar-refractivity contribution in [1.29, 1.82) is 0 Å². The average molecular weight is 516 g/mol. The minimum absolute atomic E-state index is 0.0337. The Labute approximate surface area is 220 Å². The molecule has 1 aliphatic rings. The Balaban J connectivity index is 1.81. The maximum atomic E-state index is 13.4. The molecule has 0 aromatic heterocycles. The highest BCUT2D eigenvalue weighted by Crippen LogP contribution is 2.41. The number of likely N-dealkylation sites (tertiary alicyclic amines) is 1. The molecular formula is C30H29NO7. The van der Waals surface area contributed by atoms with Crippen LogP contribution >= 0.6 is 0 Å². The number of nitrogens with zero attached hydrogens (tertiary/aromatic N) is 1. The predicted molar refractivity (Wildman–Crippen MR) is 141 cm³/mol. The van der Waals surface area contributed by atoms with Gasteiger partial charge in [-0.2, -0.15) is 0 Å². The van der Waals surface area contributed by atoms with Crippen LogP contribution in [0.25, 0.3) is 5.76 Å². The number of aryl methyl sites for hydroxylation is 1. The summed E-state index contributed by atoms with van der Waals surface area (Å²) in [6.45, 7) is 4.45. The van der Waals surface area contributed by atoms with E-state index >= 15 is 0 Å². The Morgan fingerprint density at radius 1 is 0.974 bits per heavy atom. The van der Waals surface area contributed by atoms with E-state index < -0.39 is 23.7 Å². The molecule has 0 radical (unpaired) electrons. The number of carbonyl (C=O) groups is 3. The van der Waals surface area contributed by atoms with Crippen LogP contribution in [0.1, 0.15) is 52.0 Å². The molecule has 8 nitrogen and oxygen atoms in total. The van der Waals surface area contributed by atoms with Crippen molar-refractivity contribution in [2.45, 2.75) is 32.9 Å². The third-order valence-electron chi connectivity index (χ3n) is 6.41. The number of carbonyl (C=O) groups excluding carboxylic acids is 2. The zero-order chi connectivity index (χ0) is 27.4. The van der Waals surface area contributed by atoms with E-state index in [4.69, 9.17) is 9.47 Å². The maximum absolute atomic E-state index is 13.4. The number of aliphatic hydroxyl groups excluding tert-OH is 1. The van der Waals surface area contributed by atoms with Gasteiger partial charge in [-0.3, -0.25) is 9.59 Å². The van der Waals surface area contributed by atoms with Crippen molar-refractivity contribution in [1.82, 2.24) is 4.90 Å². The number of benzene rings is 3. The van der Waals surface area contributed by atoms with Crippen LogP contribution in [0.15, 0.2) is 72.3 Å². The molecule has 4 rings (SSSR count). The number of amides is 1. The topological polar surface area (TPSA) is 113 Å². The molecule has 1 fully saturated rings. The molecule has 3 aromatic rings. The number of hydrogen-bond acceptors (Lipinski definition) is 6. The Morgan fingerprint density at radius 2 is 1.68 bits per heavy atom. The van der Waals surface area contributed by atoms with Crippen molar-refractivity contribution in [3.8, 4) is 11.5 Å². The second-order valence-electron chi connectivity index (χ2n) is 9.03. The molecule has 0 spiro atoms. The molecule has 2 N–H and O–H groups in total. The maximum Gasteiger partial charge on any atom is 0.335 e. The van der Waals surface area contributed by atoms with E-state index in [1.807, 2.05) is 13.8 Å². The van der Waals surface area contributed by atoms with E-state index in [1.165, 1.54) is 24.1 Å². The van der Waals surface area contributed by atoms with Gasteiger partial charge < -0.3 is 24.6 Å². The van der Waals surface area contributed by atoms with Gasteiger partial charge in [0, 0.05) is 12.1 Å². The van der Waals surface area contributed by atoms with E-state index in [-0.39, 0.29) is 23.4 Å². The first kappa shape index (κ1) is 26.5. The number of ketones is 1. The van der Waals surface area contributed by atoms with Gasteiger partial charge in [0.05, 0.1) is 30.9 Å². The van der Waals surface area contributed by atoms with Crippen LogP contribution in [0.5, 0.6) is 11.5 Å². The van der Waals surface area contributed by atoms with Gasteiger partial charge in [0.2, 0.25) is 0 Å². The third kappa shape index (κ3) is 5.25. The van der Waals surface area contributed by atoms with Gasteiger partial charge in [-0.05, 0) is 72.5 Å². The lowest BCUT2D eigenvalue weighted by Crippen LogP contribution is -2.29. The van der Waals surface area contributed by atoms with Crippen LogP contribution in [-0.2, 0) is 16.1 Å². The summed E-state index contributed by atoms with van der Waals surface area (Å²) < 4.78 is 11.1. The fraction of sp³-hybridized carbons (Fsp3) is 0.233. The summed E-state index contributed by atoms with van der Waals surface area (Å²) >= 11 is 0. The number of rotatable bonds is 9. The van der Waals surface area contributed by atoms with Crippen LogP contribution in [0.2, 0.25) is 0 Å². The summed E-state index contributed by atoms with van der Waals surface area (Å²) in [5, 5.41) is 20.6. The van der Waals surface area contributed by atoms with Gasteiger partial charge in [-0.15, -0.1) is 0 Å².